The Kier molecular flexibility index (Phi) is 2.73. The van der Waals surface area contributed by atoms with Crippen LogP contribution >= 0.6 is 0 Å². The number of benzene rings is 1. The van der Waals surface area contributed by atoms with Crippen LogP contribution < -0.4 is 10.6 Å². The highest BCUT2D eigenvalue weighted by Crippen LogP contribution is 2.40. The van der Waals surface area contributed by atoms with E-state index in [2.05, 4.69) is 24.0 Å². The van der Waals surface area contributed by atoms with E-state index < -0.39 is 0 Å². The Hall–Kier alpha value is -1.18. The highest BCUT2D eigenvalue weighted by Gasteiger charge is 2.36. The first-order valence-electron chi connectivity index (χ1n) is 6.89. The van der Waals surface area contributed by atoms with Crippen molar-refractivity contribution in [2.75, 3.05) is 17.2 Å². The van der Waals surface area contributed by atoms with Gasteiger partial charge < -0.3 is 10.6 Å². The minimum atomic E-state index is 0.782. The largest absolute Gasteiger partial charge is 0.398 e. The summed E-state index contributed by atoms with van der Waals surface area (Å²) in [7, 11) is 0. The average Bonchev–Trinajstić information content (AvgIpc) is 2.77. The molecule has 0 bridgehead atoms. The highest BCUT2D eigenvalue weighted by atomic mass is 15.2. The number of anilines is 2. The van der Waals surface area contributed by atoms with E-state index in [0.717, 1.165) is 17.6 Å². The predicted octanol–water partition coefficient (Wildman–Crippen LogP) is 3.35. The van der Waals surface area contributed by atoms with Gasteiger partial charge >= 0.3 is 0 Å². The zero-order valence-electron chi connectivity index (χ0n) is 10.7. The molecular formula is C15H22N2. The molecule has 0 spiro atoms. The number of nitrogens with two attached hydrogens (primary N) is 1. The first kappa shape index (κ1) is 10.9. The SMILES string of the molecule is Cc1c(N)cccc1N1CCC2CCCCC21. The van der Waals surface area contributed by atoms with Gasteiger partial charge in [0.15, 0.2) is 0 Å². The Balaban J connectivity index is 1.91. The summed E-state index contributed by atoms with van der Waals surface area (Å²) < 4.78 is 0. The van der Waals surface area contributed by atoms with Crippen molar-refractivity contribution >= 4 is 11.4 Å². The lowest BCUT2D eigenvalue weighted by atomic mass is 9.85. The van der Waals surface area contributed by atoms with Crippen LogP contribution in [0.1, 0.15) is 37.7 Å². The molecule has 2 atom stereocenters. The zero-order valence-corrected chi connectivity index (χ0v) is 10.7. The third-order valence-electron chi connectivity index (χ3n) is 4.67. The van der Waals surface area contributed by atoms with Gasteiger partial charge in [0, 0.05) is 24.0 Å². The summed E-state index contributed by atoms with van der Waals surface area (Å²) in [5.41, 5.74) is 9.60. The molecule has 2 unspecified atom stereocenters. The molecule has 2 heteroatoms. The van der Waals surface area contributed by atoms with Crippen molar-refractivity contribution in [2.24, 2.45) is 5.92 Å². The Morgan fingerprint density at radius 3 is 2.88 bits per heavy atom. The van der Waals surface area contributed by atoms with Crippen molar-refractivity contribution in [3.05, 3.63) is 23.8 Å². The second kappa shape index (κ2) is 4.25. The number of hydrogen-bond acceptors (Lipinski definition) is 2. The molecule has 17 heavy (non-hydrogen) atoms. The van der Waals surface area contributed by atoms with Crippen LogP contribution in [0.5, 0.6) is 0 Å². The summed E-state index contributed by atoms with van der Waals surface area (Å²) >= 11 is 0. The molecule has 1 aliphatic carbocycles. The fraction of sp³-hybridized carbons (Fsp3) is 0.600. The minimum Gasteiger partial charge on any atom is -0.398 e. The van der Waals surface area contributed by atoms with Gasteiger partial charge in [-0.2, -0.15) is 0 Å². The van der Waals surface area contributed by atoms with E-state index in [1.807, 2.05) is 6.07 Å². The van der Waals surface area contributed by atoms with Crippen molar-refractivity contribution in [3.8, 4) is 0 Å². The van der Waals surface area contributed by atoms with Gasteiger partial charge in [-0.15, -0.1) is 0 Å². The fourth-order valence-electron chi connectivity index (χ4n) is 3.66. The van der Waals surface area contributed by atoms with Gasteiger partial charge in [-0.05, 0) is 49.8 Å². The standard InChI is InChI=1S/C15H22N2/c1-11-13(16)6-4-8-14(11)17-10-9-12-5-2-3-7-15(12)17/h4,6,8,12,15H,2-3,5,7,9-10,16H2,1H3. The first-order valence-corrected chi connectivity index (χ1v) is 6.89. The Morgan fingerprint density at radius 1 is 1.18 bits per heavy atom. The Labute approximate surface area is 104 Å². The molecule has 2 aliphatic rings. The molecule has 0 radical (unpaired) electrons. The summed E-state index contributed by atoms with van der Waals surface area (Å²) in [6, 6.07) is 7.12. The van der Waals surface area contributed by atoms with E-state index in [1.54, 1.807) is 0 Å². The topological polar surface area (TPSA) is 29.3 Å². The quantitative estimate of drug-likeness (QED) is 0.750. The van der Waals surface area contributed by atoms with Crippen LogP contribution in [0.3, 0.4) is 0 Å². The molecule has 2 nitrogen and oxygen atoms in total. The van der Waals surface area contributed by atoms with Crippen LogP contribution in [0, 0.1) is 12.8 Å². The monoisotopic (exact) mass is 230 g/mol. The van der Waals surface area contributed by atoms with E-state index in [4.69, 9.17) is 5.73 Å². The van der Waals surface area contributed by atoms with Crippen LogP contribution in [0.15, 0.2) is 18.2 Å². The van der Waals surface area contributed by atoms with Gasteiger partial charge in [-0.3, -0.25) is 0 Å². The molecular weight excluding hydrogens is 208 g/mol. The molecule has 0 amide bonds. The number of rotatable bonds is 1. The van der Waals surface area contributed by atoms with Gasteiger partial charge in [-0.1, -0.05) is 18.9 Å². The normalized spacial score (nSPS) is 28.2. The smallest absolute Gasteiger partial charge is 0.0419 e. The molecule has 1 heterocycles. The van der Waals surface area contributed by atoms with Crippen molar-refractivity contribution in [2.45, 2.75) is 45.1 Å². The predicted molar refractivity (Wildman–Crippen MR) is 73.3 cm³/mol. The summed E-state index contributed by atoms with van der Waals surface area (Å²) in [5.74, 6) is 0.935. The molecule has 3 rings (SSSR count). The van der Waals surface area contributed by atoms with E-state index in [1.165, 1.54) is 49.9 Å². The average molecular weight is 230 g/mol. The maximum absolute atomic E-state index is 6.03. The van der Waals surface area contributed by atoms with E-state index in [-0.39, 0.29) is 0 Å². The van der Waals surface area contributed by atoms with Crippen LogP contribution in [-0.4, -0.2) is 12.6 Å². The molecule has 1 saturated heterocycles. The number of hydrogen-bond donors (Lipinski definition) is 1. The lowest BCUT2D eigenvalue weighted by molar-refractivity contribution is 0.342. The molecule has 92 valence electrons. The summed E-state index contributed by atoms with van der Waals surface area (Å²) in [4.78, 5) is 2.62. The van der Waals surface area contributed by atoms with Crippen molar-refractivity contribution < 1.29 is 0 Å². The Bertz CT molecular complexity index is 413. The second-order valence-corrected chi connectivity index (χ2v) is 5.59. The molecule has 1 saturated carbocycles. The molecule has 2 N–H and O–H groups in total. The van der Waals surface area contributed by atoms with Crippen molar-refractivity contribution in [1.29, 1.82) is 0 Å². The summed E-state index contributed by atoms with van der Waals surface area (Å²) in [5, 5.41) is 0. The maximum Gasteiger partial charge on any atom is 0.0419 e. The first-order chi connectivity index (χ1) is 8.27. The zero-order chi connectivity index (χ0) is 11.8. The van der Waals surface area contributed by atoms with E-state index in [0.29, 0.717) is 0 Å². The molecule has 0 aromatic heterocycles. The van der Waals surface area contributed by atoms with Gasteiger partial charge in [0.2, 0.25) is 0 Å². The molecule has 2 fully saturated rings. The number of fused-ring (bicyclic) bond motifs is 1. The molecule has 1 aliphatic heterocycles. The van der Waals surface area contributed by atoms with Crippen LogP contribution in [0.4, 0.5) is 11.4 Å². The Morgan fingerprint density at radius 2 is 2.00 bits per heavy atom. The van der Waals surface area contributed by atoms with Crippen LogP contribution in [-0.2, 0) is 0 Å². The summed E-state index contributed by atoms with van der Waals surface area (Å²) in [6.07, 6.45) is 7.02. The molecule has 1 aromatic carbocycles. The van der Waals surface area contributed by atoms with Gasteiger partial charge in [-0.25, -0.2) is 0 Å². The van der Waals surface area contributed by atoms with Crippen molar-refractivity contribution in [3.63, 3.8) is 0 Å². The van der Waals surface area contributed by atoms with Crippen LogP contribution in [0.25, 0.3) is 0 Å². The number of nitrogens with zero attached hydrogens (tertiary/aromatic N) is 1. The summed E-state index contributed by atoms with van der Waals surface area (Å²) in [6.45, 7) is 3.38. The van der Waals surface area contributed by atoms with Crippen LogP contribution in [0.2, 0.25) is 0 Å². The minimum absolute atomic E-state index is 0.782. The van der Waals surface area contributed by atoms with Crippen molar-refractivity contribution in [1.82, 2.24) is 0 Å². The van der Waals surface area contributed by atoms with E-state index >= 15 is 0 Å². The van der Waals surface area contributed by atoms with Gasteiger partial charge in [0.25, 0.3) is 0 Å². The molecule has 1 aromatic rings. The number of nitrogen functional groups attached to an aromatic ring is 1. The third-order valence-corrected chi connectivity index (χ3v) is 4.67. The van der Waals surface area contributed by atoms with E-state index in [9.17, 15) is 0 Å². The van der Waals surface area contributed by atoms with Gasteiger partial charge in [0.1, 0.15) is 0 Å². The second-order valence-electron chi connectivity index (χ2n) is 5.59. The lowest BCUT2D eigenvalue weighted by Crippen LogP contribution is -2.35. The fourth-order valence-corrected chi connectivity index (χ4v) is 3.66. The maximum atomic E-state index is 6.03. The lowest BCUT2D eigenvalue weighted by Gasteiger charge is -2.34. The highest BCUT2D eigenvalue weighted by molar-refractivity contribution is 5.65. The van der Waals surface area contributed by atoms with Gasteiger partial charge in [0.05, 0.1) is 0 Å². The third kappa shape index (κ3) is 1.80.